The Hall–Kier alpha value is -2.66. The van der Waals surface area contributed by atoms with Gasteiger partial charge in [-0.3, -0.25) is 14.4 Å². The SMILES string of the molecule is CCC(CC)(CC(=O)c1ccc(-c2ccc(Cl)cc2)cc1)C(C(=O)O)C(=O)OC(C)(C)C. The van der Waals surface area contributed by atoms with Crippen LogP contribution in [0.4, 0.5) is 0 Å². The van der Waals surface area contributed by atoms with Gasteiger partial charge < -0.3 is 9.84 Å². The molecule has 0 fully saturated rings. The minimum atomic E-state index is -1.42. The summed E-state index contributed by atoms with van der Waals surface area (Å²) >= 11 is 5.94. The van der Waals surface area contributed by atoms with Crippen molar-refractivity contribution in [2.45, 2.75) is 59.5 Å². The lowest BCUT2D eigenvalue weighted by Gasteiger charge is -2.36. The monoisotopic (exact) mass is 458 g/mol. The molecule has 172 valence electrons. The molecule has 0 bridgehead atoms. The molecule has 0 aliphatic heterocycles. The number of benzene rings is 2. The van der Waals surface area contributed by atoms with Crippen molar-refractivity contribution < 1.29 is 24.2 Å². The van der Waals surface area contributed by atoms with Gasteiger partial charge in [-0.15, -0.1) is 0 Å². The Bertz CT molecular complexity index is 951. The van der Waals surface area contributed by atoms with Gasteiger partial charge in [0.15, 0.2) is 11.7 Å². The van der Waals surface area contributed by atoms with Crippen LogP contribution >= 0.6 is 11.6 Å². The molecule has 0 saturated heterocycles. The van der Waals surface area contributed by atoms with Crippen molar-refractivity contribution in [1.82, 2.24) is 0 Å². The van der Waals surface area contributed by atoms with Crippen molar-refractivity contribution in [2.24, 2.45) is 11.3 Å². The van der Waals surface area contributed by atoms with Crippen LogP contribution in [0.5, 0.6) is 0 Å². The van der Waals surface area contributed by atoms with E-state index in [0.29, 0.717) is 23.4 Å². The quantitative estimate of drug-likeness (QED) is 0.266. The van der Waals surface area contributed by atoms with E-state index in [1.54, 1.807) is 58.9 Å². The number of carbonyl (C=O) groups excluding carboxylic acids is 2. The standard InChI is InChI=1S/C26H31ClO5/c1-6-26(7-2,22(23(29)30)24(31)32-25(3,4)5)16-21(28)19-10-8-17(9-11-19)18-12-14-20(27)15-13-18/h8-15,22H,6-7,16H2,1-5H3,(H,29,30). The van der Waals surface area contributed by atoms with Gasteiger partial charge in [0.2, 0.25) is 0 Å². The highest BCUT2D eigenvalue weighted by molar-refractivity contribution is 6.30. The van der Waals surface area contributed by atoms with Crippen molar-refractivity contribution >= 4 is 29.3 Å². The first-order chi connectivity index (χ1) is 14.9. The third-order valence-electron chi connectivity index (χ3n) is 5.81. The number of carboxylic acids is 1. The largest absolute Gasteiger partial charge is 0.481 e. The molecule has 2 aromatic rings. The lowest BCUT2D eigenvalue weighted by Crippen LogP contribution is -2.45. The van der Waals surface area contributed by atoms with Crippen molar-refractivity contribution in [2.75, 3.05) is 0 Å². The van der Waals surface area contributed by atoms with Gasteiger partial charge in [0.1, 0.15) is 5.60 Å². The van der Waals surface area contributed by atoms with E-state index in [1.807, 2.05) is 24.3 Å². The molecule has 32 heavy (non-hydrogen) atoms. The van der Waals surface area contributed by atoms with Gasteiger partial charge in [0, 0.05) is 22.4 Å². The zero-order valence-corrected chi connectivity index (χ0v) is 20.0. The third kappa shape index (κ3) is 6.19. The zero-order chi connectivity index (χ0) is 24.1. The molecular weight excluding hydrogens is 428 g/mol. The summed E-state index contributed by atoms with van der Waals surface area (Å²) in [5.74, 6) is -3.70. The number of halogens is 1. The van der Waals surface area contributed by atoms with E-state index >= 15 is 0 Å². The predicted octanol–water partition coefficient (Wildman–Crippen LogP) is 6.43. The summed E-state index contributed by atoms with van der Waals surface area (Å²) in [5.41, 5.74) is 0.523. The number of aliphatic carboxylic acids is 1. The van der Waals surface area contributed by atoms with Crippen LogP contribution in [0.1, 0.15) is 64.2 Å². The summed E-state index contributed by atoms with van der Waals surface area (Å²) < 4.78 is 5.39. The number of hydrogen-bond donors (Lipinski definition) is 1. The Morgan fingerprint density at radius 2 is 1.38 bits per heavy atom. The summed E-state index contributed by atoms with van der Waals surface area (Å²) in [6.45, 7) is 8.69. The molecule has 1 atom stereocenters. The van der Waals surface area contributed by atoms with Crippen molar-refractivity contribution in [3.05, 3.63) is 59.1 Å². The van der Waals surface area contributed by atoms with Crippen molar-refractivity contribution in [3.63, 3.8) is 0 Å². The van der Waals surface area contributed by atoms with Crippen LogP contribution in [0, 0.1) is 11.3 Å². The minimum Gasteiger partial charge on any atom is -0.481 e. The Morgan fingerprint density at radius 3 is 1.78 bits per heavy atom. The van der Waals surface area contributed by atoms with E-state index in [9.17, 15) is 19.5 Å². The van der Waals surface area contributed by atoms with Crippen LogP contribution in [-0.4, -0.2) is 28.4 Å². The number of esters is 1. The molecule has 5 nitrogen and oxygen atoms in total. The summed E-state index contributed by atoms with van der Waals surface area (Å²) in [7, 11) is 0. The summed E-state index contributed by atoms with van der Waals surface area (Å²) in [4.78, 5) is 38.0. The normalized spacial score (nSPS) is 12.8. The summed E-state index contributed by atoms with van der Waals surface area (Å²) in [6.07, 6.45) is 0.652. The van der Waals surface area contributed by atoms with Crippen LogP contribution < -0.4 is 0 Å². The molecule has 2 aromatic carbocycles. The topological polar surface area (TPSA) is 80.7 Å². The first kappa shape index (κ1) is 25.6. The van der Waals surface area contributed by atoms with Crippen LogP contribution in [0.2, 0.25) is 5.02 Å². The van der Waals surface area contributed by atoms with Crippen LogP contribution in [0.25, 0.3) is 11.1 Å². The molecule has 0 spiro atoms. The first-order valence-electron chi connectivity index (χ1n) is 10.8. The lowest BCUT2D eigenvalue weighted by molar-refractivity contribution is -0.173. The Kier molecular flexibility index (Phi) is 8.24. The number of carboxylic acid groups (broad SMARTS) is 1. The van der Waals surface area contributed by atoms with E-state index in [0.717, 1.165) is 11.1 Å². The average molecular weight is 459 g/mol. The number of ketones is 1. The summed E-state index contributed by atoms with van der Waals surface area (Å²) in [6, 6.07) is 14.5. The number of hydrogen-bond acceptors (Lipinski definition) is 4. The second-order valence-corrected chi connectivity index (χ2v) is 9.49. The molecule has 0 amide bonds. The van der Waals surface area contributed by atoms with Crippen LogP contribution in [0.15, 0.2) is 48.5 Å². The van der Waals surface area contributed by atoms with Gasteiger partial charge in [-0.1, -0.05) is 61.8 Å². The predicted molar refractivity (Wildman–Crippen MR) is 126 cm³/mol. The first-order valence-corrected chi connectivity index (χ1v) is 11.1. The van der Waals surface area contributed by atoms with Crippen LogP contribution in [0.3, 0.4) is 0 Å². The highest BCUT2D eigenvalue weighted by Crippen LogP contribution is 2.41. The minimum absolute atomic E-state index is 0.0590. The smallest absolute Gasteiger partial charge is 0.321 e. The van der Waals surface area contributed by atoms with Gasteiger partial charge in [-0.25, -0.2) is 0 Å². The number of carbonyl (C=O) groups is 3. The fourth-order valence-electron chi connectivity index (χ4n) is 3.90. The van der Waals surface area contributed by atoms with Crippen molar-refractivity contribution in [3.8, 4) is 11.1 Å². The van der Waals surface area contributed by atoms with E-state index in [4.69, 9.17) is 16.3 Å². The second-order valence-electron chi connectivity index (χ2n) is 9.06. The van der Waals surface area contributed by atoms with E-state index in [2.05, 4.69) is 0 Å². The highest BCUT2D eigenvalue weighted by Gasteiger charge is 2.48. The molecule has 1 N–H and O–H groups in total. The maximum atomic E-state index is 13.1. The molecule has 0 aliphatic rings. The molecule has 2 rings (SSSR count). The lowest BCUT2D eigenvalue weighted by atomic mass is 9.67. The van der Waals surface area contributed by atoms with Gasteiger partial charge >= 0.3 is 11.9 Å². The fraction of sp³-hybridized carbons (Fsp3) is 0.423. The molecule has 0 aliphatic carbocycles. The maximum Gasteiger partial charge on any atom is 0.321 e. The zero-order valence-electron chi connectivity index (χ0n) is 19.3. The van der Waals surface area contributed by atoms with Gasteiger partial charge in [-0.05, 0) is 56.9 Å². The molecule has 6 heteroatoms. The average Bonchev–Trinajstić information content (AvgIpc) is 2.72. The van der Waals surface area contributed by atoms with Crippen molar-refractivity contribution in [1.29, 1.82) is 0 Å². The fourth-order valence-corrected chi connectivity index (χ4v) is 4.02. The molecule has 0 heterocycles. The Morgan fingerprint density at radius 1 is 0.906 bits per heavy atom. The van der Waals surface area contributed by atoms with Gasteiger partial charge in [0.25, 0.3) is 0 Å². The van der Waals surface area contributed by atoms with E-state index in [1.165, 1.54) is 0 Å². The molecule has 1 unspecified atom stereocenters. The molecular formula is C26H31ClO5. The number of Topliss-reactive ketones (excluding diaryl/α,β-unsaturated/α-hetero) is 1. The number of rotatable bonds is 9. The van der Waals surface area contributed by atoms with E-state index < -0.39 is 28.9 Å². The molecule has 0 aromatic heterocycles. The highest BCUT2D eigenvalue weighted by atomic mass is 35.5. The van der Waals surface area contributed by atoms with Gasteiger partial charge in [-0.2, -0.15) is 0 Å². The Balaban J connectivity index is 2.30. The molecule has 0 radical (unpaired) electrons. The van der Waals surface area contributed by atoms with E-state index in [-0.39, 0.29) is 12.2 Å². The number of ether oxygens (including phenoxy) is 1. The second kappa shape index (κ2) is 10.3. The Labute approximate surface area is 194 Å². The van der Waals surface area contributed by atoms with Gasteiger partial charge in [0.05, 0.1) is 0 Å². The third-order valence-corrected chi connectivity index (χ3v) is 6.06. The van der Waals surface area contributed by atoms with Crippen LogP contribution in [-0.2, 0) is 14.3 Å². The molecule has 0 saturated carbocycles. The summed E-state index contributed by atoms with van der Waals surface area (Å²) in [5, 5.41) is 10.5. The maximum absolute atomic E-state index is 13.1.